The summed E-state index contributed by atoms with van der Waals surface area (Å²) in [5.41, 5.74) is 4.04. The van der Waals surface area contributed by atoms with E-state index in [4.69, 9.17) is 0 Å². The van der Waals surface area contributed by atoms with Crippen molar-refractivity contribution in [1.29, 1.82) is 0 Å². The largest absolute Gasteiger partial charge is 0.297 e. The maximum absolute atomic E-state index is 4.60. The van der Waals surface area contributed by atoms with Crippen molar-refractivity contribution >= 4 is 23.1 Å². The van der Waals surface area contributed by atoms with Crippen LogP contribution in [0, 0.1) is 6.92 Å². The number of rotatable bonds is 7. The Bertz CT molecular complexity index is 870. The molecule has 1 aliphatic heterocycles. The summed E-state index contributed by atoms with van der Waals surface area (Å²) in [5.74, 6) is 0.951. The molecule has 2 aromatic carbocycles. The van der Waals surface area contributed by atoms with Crippen LogP contribution in [0.25, 0.3) is 0 Å². The van der Waals surface area contributed by atoms with Gasteiger partial charge in [-0.05, 0) is 24.1 Å². The molecule has 1 fully saturated rings. The lowest BCUT2D eigenvalue weighted by Gasteiger charge is -2.35. The first-order valence-electron chi connectivity index (χ1n) is 9.86. The Hall–Kier alpha value is -1.66. The van der Waals surface area contributed by atoms with Gasteiger partial charge < -0.3 is 0 Å². The predicted molar refractivity (Wildman–Crippen MR) is 120 cm³/mol. The molecule has 0 spiro atoms. The number of piperazine rings is 1. The van der Waals surface area contributed by atoms with E-state index < -0.39 is 0 Å². The normalized spacial score (nSPS) is 15.8. The molecule has 3 nitrogen and oxygen atoms in total. The van der Waals surface area contributed by atoms with Gasteiger partial charge in [-0.3, -0.25) is 9.80 Å². The number of aromatic nitrogens is 1. The lowest BCUT2D eigenvalue weighted by Crippen LogP contribution is -2.45. The topological polar surface area (TPSA) is 19.4 Å². The molecule has 28 heavy (non-hydrogen) atoms. The number of benzene rings is 2. The second-order valence-electron chi connectivity index (χ2n) is 7.29. The average molecular weight is 410 g/mol. The van der Waals surface area contributed by atoms with Gasteiger partial charge in [0.15, 0.2) is 0 Å². The first-order chi connectivity index (χ1) is 13.8. The van der Waals surface area contributed by atoms with Crippen molar-refractivity contribution in [3.05, 3.63) is 81.8 Å². The monoisotopic (exact) mass is 409 g/mol. The second kappa shape index (κ2) is 9.70. The molecule has 0 saturated carbocycles. The van der Waals surface area contributed by atoms with Crippen molar-refractivity contribution in [2.45, 2.75) is 30.7 Å². The van der Waals surface area contributed by atoms with Crippen molar-refractivity contribution in [3.8, 4) is 0 Å². The Morgan fingerprint density at radius 2 is 1.57 bits per heavy atom. The van der Waals surface area contributed by atoms with Crippen LogP contribution < -0.4 is 0 Å². The van der Waals surface area contributed by atoms with Gasteiger partial charge in [0.05, 0.1) is 10.7 Å². The molecule has 146 valence electrons. The predicted octanol–water partition coefficient (Wildman–Crippen LogP) is 5.06. The number of aryl methyl sites for hydroxylation is 1. The van der Waals surface area contributed by atoms with Crippen LogP contribution in [0.4, 0.5) is 0 Å². The molecule has 0 N–H and O–H groups in total. The number of nitrogens with zero attached hydrogens (tertiary/aromatic N) is 3. The van der Waals surface area contributed by atoms with E-state index in [9.17, 15) is 0 Å². The van der Waals surface area contributed by atoms with Gasteiger partial charge in [0.1, 0.15) is 0 Å². The average Bonchev–Trinajstić information content (AvgIpc) is 3.15. The summed E-state index contributed by atoms with van der Waals surface area (Å²) in [7, 11) is 0. The second-order valence-corrected chi connectivity index (χ2v) is 9.37. The molecule has 0 amide bonds. The van der Waals surface area contributed by atoms with E-state index >= 15 is 0 Å². The van der Waals surface area contributed by atoms with Gasteiger partial charge in [-0.15, -0.1) is 23.1 Å². The molecule has 0 atom stereocenters. The number of thiazole rings is 1. The summed E-state index contributed by atoms with van der Waals surface area (Å²) in [5, 5.41) is 3.33. The molecule has 1 saturated heterocycles. The van der Waals surface area contributed by atoms with E-state index in [1.54, 1.807) is 11.3 Å². The van der Waals surface area contributed by atoms with Crippen molar-refractivity contribution in [2.75, 3.05) is 26.2 Å². The van der Waals surface area contributed by atoms with E-state index in [1.165, 1.54) is 21.7 Å². The van der Waals surface area contributed by atoms with Gasteiger partial charge in [0.2, 0.25) is 0 Å². The Balaban J connectivity index is 1.30. The molecule has 5 heteroatoms. The van der Waals surface area contributed by atoms with Crippen LogP contribution >= 0.6 is 23.1 Å². The van der Waals surface area contributed by atoms with Crippen LogP contribution in [0.2, 0.25) is 0 Å². The van der Waals surface area contributed by atoms with Gasteiger partial charge in [-0.25, -0.2) is 4.98 Å². The van der Waals surface area contributed by atoms with Crippen LogP contribution in [-0.4, -0.2) is 41.0 Å². The quantitative estimate of drug-likeness (QED) is 0.508. The Morgan fingerprint density at radius 3 is 2.29 bits per heavy atom. The van der Waals surface area contributed by atoms with Gasteiger partial charge >= 0.3 is 0 Å². The van der Waals surface area contributed by atoms with Gasteiger partial charge in [0, 0.05) is 55.3 Å². The highest BCUT2D eigenvalue weighted by Crippen LogP contribution is 2.28. The molecule has 0 radical (unpaired) electrons. The Morgan fingerprint density at radius 1 is 0.893 bits per heavy atom. The number of thioether (sulfide) groups is 1. The van der Waals surface area contributed by atoms with E-state index in [1.807, 2.05) is 11.8 Å². The van der Waals surface area contributed by atoms with E-state index in [0.717, 1.165) is 50.0 Å². The first-order valence-corrected chi connectivity index (χ1v) is 11.7. The maximum Gasteiger partial charge on any atom is 0.0897 e. The third-order valence-electron chi connectivity index (χ3n) is 5.12. The molecule has 1 aliphatic rings. The van der Waals surface area contributed by atoms with Crippen LogP contribution in [-0.2, 0) is 18.8 Å². The van der Waals surface area contributed by atoms with Gasteiger partial charge in [-0.2, -0.15) is 0 Å². The minimum absolute atomic E-state index is 0.951. The van der Waals surface area contributed by atoms with Crippen molar-refractivity contribution in [1.82, 2.24) is 14.8 Å². The molecule has 0 aliphatic carbocycles. The van der Waals surface area contributed by atoms with E-state index in [0.29, 0.717) is 0 Å². The minimum atomic E-state index is 0.951. The summed E-state index contributed by atoms with van der Waals surface area (Å²) in [4.78, 5) is 11.1. The SMILES string of the molecule is Cc1nc(CSc2ccccc2CN2CCN(Cc3ccccc3)CC2)cs1. The third kappa shape index (κ3) is 5.45. The highest BCUT2D eigenvalue weighted by atomic mass is 32.2. The molecule has 1 aromatic heterocycles. The lowest BCUT2D eigenvalue weighted by atomic mass is 10.1. The van der Waals surface area contributed by atoms with Crippen LogP contribution in [0.1, 0.15) is 21.8 Å². The first kappa shape index (κ1) is 19.6. The van der Waals surface area contributed by atoms with Crippen LogP contribution in [0.15, 0.2) is 64.9 Å². The minimum Gasteiger partial charge on any atom is -0.297 e. The fourth-order valence-electron chi connectivity index (χ4n) is 3.59. The van der Waals surface area contributed by atoms with Crippen molar-refractivity contribution in [3.63, 3.8) is 0 Å². The highest BCUT2D eigenvalue weighted by Gasteiger charge is 2.18. The zero-order chi connectivity index (χ0) is 19.2. The lowest BCUT2D eigenvalue weighted by molar-refractivity contribution is 0.121. The number of hydrogen-bond donors (Lipinski definition) is 0. The zero-order valence-electron chi connectivity index (χ0n) is 16.4. The zero-order valence-corrected chi connectivity index (χ0v) is 18.0. The summed E-state index contributed by atoms with van der Waals surface area (Å²) in [6.45, 7) is 8.73. The fourth-order valence-corrected chi connectivity index (χ4v) is 5.25. The molecular formula is C23H27N3S2. The molecule has 0 bridgehead atoms. The highest BCUT2D eigenvalue weighted by molar-refractivity contribution is 7.98. The van der Waals surface area contributed by atoms with Gasteiger partial charge in [0.25, 0.3) is 0 Å². The number of hydrogen-bond acceptors (Lipinski definition) is 5. The molecule has 2 heterocycles. The van der Waals surface area contributed by atoms with Crippen molar-refractivity contribution in [2.24, 2.45) is 0 Å². The van der Waals surface area contributed by atoms with Crippen LogP contribution in [0.5, 0.6) is 0 Å². The molecule has 0 unspecified atom stereocenters. The van der Waals surface area contributed by atoms with E-state index in [-0.39, 0.29) is 0 Å². The van der Waals surface area contributed by atoms with Crippen LogP contribution in [0.3, 0.4) is 0 Å². The van der Waals surface area contributed by atoms with Crippen molar-refractivity contribution < 1.29 is 0 Å². The summed E-state index contributed by atoms with van der Waals surface area (Å²) >= 11 is 3.65. The Labute approximate surface area is 176 Å². The van der Waals surface area contributed by atoms with E-state index in [2.05, 4.69) is 81.7 Å². The molecular weight excluding hydrogens is 382 g/mol. The smallest absolute Gasteiger partial charge is 0.0897 e. The Kier molecular flexibility index (Phi) is 6.81. The van der Waals surface area contributed by atoms with Gasteiger partial charge in [-0.1, -0.05) is 48.5 Å². The molecule has 4 rings (SSSR count). The summed E-state index contributed by atoms with van der Waals surface area (Å²) in [6, 6.07) is 19.7. The molecule has 3 aromatic rings. The summed E-state index contributed by atoms with van der Waals surface area (Å²) < 4.78 is 0. The third-order valence-corrected chi connectivity index (χ3v) is 7.09. The standard InChI is InChI=1S/C23H27N3S2/c1-19-24-22(17-27-19)18-28-23-10-6-5-9-21(23)16-26-13-11-25(12-14-26)15-20-7-3-2-4-8-20/h2-10,17H,11-16,18H2,1H3. The summed E-state index contributed by atoms with van der Waals surface area (Å²) in [6.07, 6.45) is 0. The maximum atomic E-state index is 4.60. The fraction of sp³-hybridized carbons (Fsp3) is 0.348.